The van der Waals surface area contributed by atoms with E-state index in [0.717, 1.165) is 25.7 Å². The van der Waals surface area contributed by atoms with Crippen LogP contribution in [-0.4, -0.2) is 117 Å². The molecule has 0 aromatic heterocycles. The van der Waals surface area contributed by atoms with Gasteiger partial charge in [0.2, 0.25) is 0 Å². The van der Waals surface area contributed by atoms with Crippen molar-refractivity contribution in [1.82, 2.24) is 0 Å². The molecule has 2 fully saturated rings. The minimum absolute atomic E-state index is 0.276. The first-order valence-corrected chi connectivity index (χ1v) is 11.0. The lowest BCUT2D eigenvalue weighted by atomic mass is 9.96. The highest BCUT2D eigenvalue weighted by Crippen LogP contribution is 2.30. The molecule has 31 heavy (non-hydrogen) atoms. The molecule has 2 aliphatic rings. The van der Waals surface area contributed by atoms with Gasteiger partial charge >= 0.3 is 0 Å². The van der Waals surface area contributed by atoms with Crippen LogP contribution in [0.4, 0.5) is 0 Å². The fourth-order valence-electron chi connectivity index (χ4n) is 4.05. The number of rotatable bonds is 11. The van der Waals surface area contributed by atoms with Crippen molar-refractivity contribution in [3.8, 4) is 0 Å². The Kier molecular flexibility index (Phi) is 11.0. The van der Waals surface area contributed by atoms with Crippen molar-refractivity contribution in [2.75, 3.05) is 19.8 Å². The zero-order chi connectivity index (χ0) is 23.1. The van der Waals surface area contributed by atoms with E-state index in [9.17, 15) is 35.7 Å². The van der Waals surface area contributed by atoms with Crippen molar-refractivity contribution in [1.29, 1.82) is 0 Å². The molecule has 7 N–H and O–H groups in total. The second-order valence-corrected chi connectivity index (χ2v) is 8.28. The van der Waals surface area contributed by atoms with Gasteiger partial charge in [0.15, 0.2) is 12.6 Å². The minimum Gasteiger partial charge on any atom is -0.394 e. The number of aliphatic hydroxyl groups excluding tert-OH is 7. The first-order chi connectivity index (χ1) is 14.8. The van der Waals surface area contributed by atoms with Gasteiger partial charge in [-0.2, -0.15) is 0 Å². The highest BCUT2D eigenvalue weighted by molar-refractivity contribution is 4.94. The molecule has 0 aromatic carbocycles. The van der Waals surface area contributed by atoms with Crippen molar-refractivity contribution in [3.05, 3.63) is 0 Å². The molecule has 10 atom stereocenters. The predicted octanol–water partition coefficient (Wildman–Crippen LogP) is -2.16. The largest absolute Gasteiger partial charge is 0.394 e. The summed E-state index contributed by atoms with van der Waals surface area (Å²) in [6.07, 6.45) is -10.5. The number of hydrogen-bond donors (Lipinski definition) is 7. The lowest BCUT2D eigenvalue weighted by Gasteiger charge is -2.46. The second-order valence-electron chi connectivity index (χ2n) is 8.28. The smallest absolute Gasteiger partial charge is 0.187 e. The third kappa shape index (κ3) is 6.55. The Morgan fingerprint density at radius 2 is 1.26 bits per heavy atom. The summed E-state index contributed by atoms with van der Waals surface area (Å²) in [4.78, 5) is 0. The van der Waals surface area contributed by atoms with Gasteiger partial charge in [-0.05, 0) is 18.8 Å². The van der Waals surface area contributed by atoms with Gasteiger partial charge in [-0.3, -0.25) is 0 Å². The Morgan fingerprint density at radius 3 is 1.81 bits per heavy atom. The fourth-order valence-corrected chi connectivity index (χ4v) is 4.05. The Labute approximate surface area is 182 Å². The van der Waals surface area contributed by atoms with Crippen molar-refractivity contribution >= 4 is 0 Å². The maximum atomic E-state index is 10.6. The summed E-state index contributed by atoms with van der Waals surface area (Å²) in [6.45, 7) is 3.24. The molecule has 0 radical (unpaired) electrons. The van der Waals surface area contributed by atoms with E-state index in [1.54, 1.807) is 0 Å². The second kappa shape index (κ2) is 12.7. The van der Waals surface area contributed by atoms with E-state index < -0.39 is 74.6 Å². The molecule has 2 rings (SSSR count). The van der Waals surface area contributed by atoms with Gasteiger partial charge in [0.1, 0.15) is 48.8 Å². The van der Waals surface area contributed by atoms with E-state index in [4.69, 9.17) is 18.9 Å². The van der Waals surface area contributed by atoms with E-state index >= 15 is 0 Å². The molecule has 184 valence electrons. The average Bonchev–Trinajstić information content (AvgIpc) is 2.76. The van der Waals surface area contributed by atoms with Crippen LogP contribution in [0.5, 0.6) is 0 Å². The van der Waals surface area contributed by atoms with Gasteiger partial charge in [0.25, 0.3) is 0 Å². The predicted molar refractivity (Wildman–Crippen MR) is 106 cm³/mol. The van der Waals surface area contributed by atoms with Gasteiger partial charge in [0.05, 0.1) is 19.8 Å². The molecular weight excluding hydrogens is 416 g/mol. The molecule has 11 nitrogen and oxygen atoms in total. The first-order valence-electron chi connectivity index (χ1n) is 11.0. The topological polar surface area (TPSA) is 179 Å². The van der Waals surface area contributed by atoms with E-state index in [1.807, 2.05) is 0 Å². The quantitative estimate of drug-likeness (QED) is 0.181. The van der Waals surface area contributed by atoms with Crippen LogP contribution in [0.1, 0.15) is 39.5 Å². The zero-order valence-electron chi connectivity index (χ0n) is 18.1. The van der Waals surface area contributed by atoms with Gasteiger partial charge in [-0.15, -0.1) is 0 Å². The molecule has 11 heteroatoms. The summed E-state index contributed by atoms with van der Waals surface area (Å²) in [5, 5.41) is 70.0. The Bertz CT molecular complexity index is 500. The number of aliphatic hydroxyl groups is 7. The lowest BCUT2D eigenvalue weighted by molar-refractivity contribution is -0.360. The Hall–Kier alpha value is -0.440. The van der Waals surface area contributed by atoms with E-state index in [0.29, 0.717) is 6.61 Å². The monoisotopic (exact) mass is 454 g/mol. The summed E-state index contributed by atoms with van der Waals surface area (Å²) in [5.74, 6) is 0.276. The standard InChI is InChI=1S/C20H38O11/c1-3-5-10(6-4-2)9-28-19-17(27)15(25)18(12(8-22)30-19)31-20-16(26)14(24)13(23)11(7-21)29-20/h10-27H,3-9H2,1-2H3/t11-,12-,13-,14+,15-,16-,17-,18-,19-,20-/m1/s1. The van der Waals surface area contributed by atoms with Gasteiger partial charge in [0, 0.05) is 0 Å². The highest BCUT2D eigenvalue weighted by Gasteiger charge is 2.50. The van der Waals surface area contributed by atoms with Crippen molar-refractivity contribution in [2.45, 2.75) is 101 Å². The van der Waals surface area contributed by atoms with Crippen LogP contribution in [0.2, 0.25) is 0 Å². The van der Waals surface area contributed by atoms with Crippen LogP contribution in [0.25, 0.3) is 0 Å². The molecule has 0 aliphatic carbocycles. The molecule has 0 saturated carbocycles. The molecule has 0 unspecified atom stereocenters. The average molecular weight is 455 g/mol. The molecule has 0 aromatic rings. The van der Waals surface area contributed by atoms with Crippen molar-refractivity contribution < 1.29 is 54.7 Å². The van der Waals surface area contributed by atoms with Crippen molar-refractivity contribution in [2.24, 2.45) is 5.92 Å². The van der Waals surface area contributed by atoms with E-state index in [1.165, 1.54) is 0 Å². The molecule has 0 bridgehead atoms. The van der Waals surface area contributed by atoms with Crippen molar-refractivity contribution in [3.63, 3.8) is 0 Å². The first kappa shape index (κ1) is 26.8. The van der Waals surface area contributed by atoms with Crippen LogP contribution < -0.4 is 0 Å². The SMILES string of the molecule is CCCC(CCC)CO[C@@H]1O[C@H](CO)[C@@H](O[C@H]2O[C@H](CO)[C@@H](O)[C@H](O)[C@H]2O)[C@H](O)[C@H]1O. The number of ether oxygens (including phenoxy) is 4. The maximum absolute atomic E-state index is 10.6. The third-order valence-electron chi connectivity index (χ3n) is 5.85. The summed E-state index contributed by atoms with van der Waals surface area (Å²) in [5.41, 5.74) is 0. The van der Waals surface area contributed by atoms with E-state index in [2.05, 4.69) is 13.8 Å². The Balaban J connectivity index is 2.03. The van der Waals surface area contributed by atoms with E-state index in [-0.39, 0.29) is 5.92 Å². The van der Waals surface area contributed by atoms with Crippen LogP contribution in [0, 0.1) is 5.92 Å². The summed E-state index contributed by atoms with van der Waals surface area (Å²) in [6, 6.07) is 0. The van der Waals surface area contributed by atoms with Crippen LogP contribution >= 0.6 is 0 Å². The third-order valence-corrected chi connectivity index (χ3v) is 5.85. The van der Waals surface area contributed by atoms with Gasteiger partial charge < -0.3 is 54.7 Å². The molecule has 2 aliphatic heterocycles. The van der Waals surface area contributed by atoms with Gasteiger partial charge in [-0.25, -0.2) is 0 Å². The summed E-state index contributed by atoms with van der Waals surface area (Å²) >= 11 is 0. The summed E-state index contributed by atoms with van der Waals surface area (Å²) in [7, 11) is 0. The molecule has 0 amide bonds. The normalized spacial score (nSPS) is 41.6. The van der Waals surface area contributed by atoms with Crippen LogP contribution in [0.15, 0.2) is 0 Å². The molecular formula is C20H38O11. The molecule has 0 spiro atoms. The van der Waals surface area contributed by atoms with Crippen LogP contribution in [-0.2, 0) is 18.9 Å². The van der Waals surface area contributed by atoms with Crippen LogP contribution in [0.3, 0.4) is 0 Å². The summed E-state index contributed by atoms with van der Waals surface area (Å²) < 4.78 is 22.1. The minimum atomic E-state index is -1.70. The zero-order valence-corrected chi connectivity index (χ0v) is 18.1. The molecule has 2 heterocycles. The highest BCUT2D eigenvalue weighted by atomic mass is 16.7. The molecule has 2 saturated heterocycles. The van der Waals surface area contributed by atoms with Gasteiger partial charge in [-0.1, -0.05) is 26.7 Å². The number of hydrogen-bond acceptors (Lipinski definition) is 11. The lowest BCUT2D eigenvalue weighted by Crippen LogP contribution is -2.64. The fraction of sp³-hybridized carbons (Fsp3) is 1.00. The maximum Gasteiger partial charge on any atom is 0.187 e. The Morgan fingerprint density at radius 1 is 0.710 bits per heavy atom.